The summed E-state index contributed by atoms with van der Waals surface area (Å²) in [5.41, 5.74) is 6.24. The number of primary amides is 1. The van der Waals surface area contributed by atoms with Crippen LogP contribution in [0.1, 0.15) is 24.9 Å². The van der Waals surface area contributed by atoms with E-state index in [2.05, 4.69) is 12.2 Å². The summed E-state index contributed by atoms with van der Waals surface area (Å²) in [6.07, 6.45) is 0.994. The van der Waals surface area contributed by atoms with E-state index in [0.717, 1.165) is 18.5 Å². The van der Waals surface area contributed by atoms with Gasteiger partial charge in [-0.25, -0.2) is 0 Å². The number of carbonyl (C=O) groups is 1. The molecule has 0 aromatic carbocycles. The summed E-state index contributed by atoms with van der Waals surface area (Å²) in [7, 11) is 0. The second-order valence-electron chi connectivity index (χ2n) is 2.85. The first kappa shape index (κ1) is 10.2. The SMILES string of the molecule is CCCNC(C(N)=O)c1ccsc1. The van der Waals surface area contributed by atoms with Gasteiger partial charge in [0.05, 0.1) is 0 Å². The fourth-order valence-electron chi connectivity index (χ4n) is 1.11. The predicted octanol–water partition coefficient (Wildman–Crippen LogP) is 1.27. The molecule has 1 atom stereocenters. The number of hydrogen-bond donors (Lipinski definition) is 2. The fourth-order valence-corrected chi connectivity index (χ4v) is 1.80. The summed E-state index contributed by atoms with van der Waals surface area (Å²) >= 11 is 1.57. The fraction of sp³-hybridized carbons (Fsp3) is 0.444. The molecule has 3 nitrogen and oxygen atoms in total. The zero-order chi connectivity index (χ0) is 9.68. The Hall–Kier alpha value is -0.870. The maximum absolute atomic E-state index is 11.1. The Kier molecular flexibility index (Phi) is 3.92. The Morgan fingerprint density at radius 1 is 1.77 bits per heavy atom. The lowest BCUT2D eigenvalue weighted by atomic mass is 10.1. The highest BCUT2D eigenvalue weighted by atomic mass is 32.1. The van der Waals surface area contributed by atoms with Crippen molar-refractivity contribution in [3.05, 3.63) is 22.4 Å². The second kappa shape index (κ2) is 4.99. The third-order valence-corrected chi connectivity index (χ3v) is 2.46. The van der Waals surface area contributed by atoms with Gasteiger partial charge in [0, 0.05) is 0 Å². The number of thiophene rings is 1. The summed E-state index contributed by atoms with van der Waals surface area (Å²) in [6.45, 7) is 2.86. The van der Waals surface area contributed by atoms with Crippen LogP contribution >= 0.6 is 11.3 Å². The van der Waals surface area contributed by atoms with Crippen molar-refractivity contribution in [3.63, 3.8) is 0 Å². The number of carbonyl (C=O) groups excluding carboxylic acids is 1. The molecule has 0 spiro atoms. The molecule has 1 rings (SSSR count). The molecule has 13 heavy (non-hydrogen) atoms. The van der Waals surface area contributed by atoms with E-state index >= 15 is 0 Å². The molecule has 72 valence electrons. The first-order chi connectivity index (χ1) is 6.25. The van der Waals surface area contributed by atoms with Crippen LogP contribution in [0.2, 0.25) is 0 Å². The van der Waals surface area contributed by atoms with Crippen LogP contribution in [0.4, 0.5) is 0 Å². The number of amides is 1. The Balaban J connectivity index is 2.63. The van der Waals surface area contributed by atoms with Crippen molar-refractivity contribution < 1.29 is 4.79 Å². The van der Waals surface area contributed by atoms with E-state index in [1.165, 1.54) is 0 Å². The topological polar surface area (TPSA) is 55.1 Å². The van der Waals surface area contributed by atoms with Gasteiger partial charge in [-0.1, -0.05) is 6.92 Å². The first-order valence-electron chi connectivity index (χ1n) is 4.30. The minimum atomic E-state index is -0.328. The smallest absolute Gasteiger partial charge is 0.239 e. The van der Waals surface area contributed by atoms with Crippen LogP contribution < -0.4 is 11.1 Å². The zero-order valence-electron chi connectivity index (χ0n) is 7.62. The molecule has 0 saturated heterocycles. The monoisotopic (exact) mass is 198 g/mol. The predicted molar refractivity (Wildman–Crippen MR) is 54.5 cm³/mol. The average molecular weight is 198 g/mol. The third-order valence-electron chi connectivity index (χ3n) is 1.76. The molecular weight excluding hydrogens is 184 g/mol. The largest absolute Gasteiger partial charge is 0.368 e. The molecule has 0 saturated carbocycles. The highest BCUT2D eigenvalue weighted by Gasteiger charge is 2.16. The quantitative estimate of drug-likeness (QED) is 0.748. The molecule has 4 heteroatoms. The van der Waals surface area contributed by atoms with Gasteiger partial charge in [-0.2, -0.15) is 11.3 Å². The lowest BCUT2D eigenvalue weighted by Gasteiger charge is -2.12. The van der Waals surface area contributed by atoms with Crippen LogP contribution in [0.25, 0.3) is 0 Å². The van der Waals surface area contributed by atoms with E-state index in [0.29, 0.717) is 0 Å². The second-order valence-corrected chi connectivity index (χ2v) is 3.63. The van der Waals surface area contributed by atoms with Gasteiger partial charge in [-0.15, -0.1) is 0 Å². The van der Waals surface area contributed by atoms with Gasteiger partial charge < -0.3 is 11.1 Å². The van der Waals surface area contributed by atoms with Crippen LogP contribution in [-0.2, 0) is 4.79 Å². The van der Waals surface area contributed by atoms with E-state index in [-0.39, 0.29) is 11.9 Å². The number of nitrogens with two attached hydrogens (primary N) is 1. The van der Waals surface area contributed by atoms with Crippen LogP contribution in [-0.4, -0.2) is 12.5 Å². The van der Waals surface area contributed by atoms with E-state index in [9.17, 15) is 4.79 Å². The highest BCUT2D eigenvalue weighted by molar-refractivity contribution is 7.08. The van der Waals surface area contributed by atoms with Gasteiger partial charge in [0.25, 0.3) is 0 Å². The first-order valence-corrected chi connectivity index (χ1v) is 5.24. The Labute approximate surface area is 81.9 Å². The molecule has 0 aliphatic carbocycles. The van der Waals surface area contributed by atoms with Crippen molar-refractivity contribution >= 4 is 17.2 Å². The standard InChI is InChI=1S/C9H14N2OS/c1-2-4-11-8(9(10)12)7-3-5-13-6-7/h3,5-6,8,11H,2,4H2,1H3,(H2,10,12). The van der Waals surface area contributed by atoms with E-state index in [1.807, 2.05) is 16.8 Å². The van der Waals surface area contributed by atoms with E-state index < -0.39 is 0 Å². The van der Waals surface area contributed by atoms with Crippen LogP contribution in [0.15, 0.2) is 16.8 Å². The lowest BCUT2D eigenvalue weighted by Crippen LogP contribution is -2.33. The molecule has 1 aromatic rings. The van der Waals surface area contributed by atoms with Crippen molar-refractivity contribution in [2.45, 2.75) is 19.4 Å². The van der Waals surface area contributed by atoms with Crippen LogP contribution in [0.5, 0.6) is 0 Å². The molecule has 0 aliphatic heterocycles. The molecule has 1 aromatic heterocycles. The van der Waals surface area contributed by atoms with Gasteiger partial charge in [-0.05, 0) is 35.4 Å². The lowest BCUT2D eigenvalue weighted by molar-refractivity contribution is -0.120. The van der Waals surface area contributed by atoms with Crippen molar-refractivity contribution in [3.8, 4) is 0 Å². The van der Waals surface area contributed by atoms with Crippen molar-refractivity contribution in [1.82, 2.24) is 5.32 Å². The van der Waals surface area contributed by atoms with Gasteiger partial charge in [0.1, 0.15) is 6.04 Å². The minimum Gasteiger partial charge on any atom is -0.368 e. The molecule has 0 bridgehead atoms. The molecule has 1 heterocycles. The molecule has 3 N–H and O–H groups in total. The summed E-state index contributed by atoms with van der Waals surface area (Å²) in [5.74, 6) is -0.313. The Morgan fingerprint density at radius 3 is 3.00 bits per heavy atom. The van der Waals surface area contributed by atoms with Gasteiger partial charge in [0.2, 0.25) is 5.91 Å². The third kappa shape index (κ3) is 2.82. The van der Waals surface area contributed by atoms with Crippen LogP contribution in [0, 0.1) is 0 Å². The summed E-state index contributed by atoms with van der Waals surface area (Å²) in [4.78, 5) is 11.1. The molecule has 0 radical (unpaired) electrons. The summed E-state index contributed by atoms with van der Waals surface area (Å²) in [6, 6.07) is 1.59. The molecular formula is C9H14N2OS. The van der Waals surface area contributed by atoms with Crippen molar-refractivity contribution in [2.75, 3.05) is 6.54 Å². The average Bonchev–Trinajstić information content (AvgIpc) is 2.57. The molecule has 1 unspecified atom stereocenters. The maximum Gasteiger partial charge on any atom is 0.239 e. The number of hydrogen-bond acceptors (Lipinski definition) is 3. The Bertz CT molecular complexity index is 259. The van der Waals surface area contributed by atoms with Crippen molar-refractivity contribution in [2.24, 2.45) is 5.73 Å². The van der Waals surface area contributed by atoms with E-state index in [4.69, 9.17) is 5.73 Å². The summed E-state index contributed by atoms with van der Waals surface area (Å²) < 4.78 is 0. The molecule has 0 aliphatic rings. The van der Waals surface area contributed by atoms with E-state index in [1.54, 1.807) is 11.3 Å². The minimum absolute atomic E-state index is 0.313. The summed E-state index contributed by atoms with van der Waals surface area (Å²) in [5, 5.41) is 6.99. The van der Waals surface area contributed by atoms with Crippen molar-refractivity contribution in [1.29, 1.82) is 0 Å². The van der Waals surface area contributed by atoms with Crippen LogP contribution in [0.3, 0.4) is 0 Å². The highest BCUT2D eigenvalue weighted by Crippen LogP contribution is 2.15. The molecule has 1 amide bonds. The maximum atomic E-state index is 11.1. The Morgan fingerprint density at radius 2 is 2.54 bits per heavy atom. The number of nitrogens with one attached hydrogen (secondary N) is 1. The zero-order valence-corrected chi connectivity index (χ0v) is 8.43. The van der Waals surface area contributed by atoms with Gasteiger partial charge in [-0.3, -0.25) is 4.79 Å². The van der Waals surface area contributed by atoms with Gasteiger partial charge >= 0.3 is 0 Å². The number of rotatable bonds is 5. The normalized spacial score (nSPS) is 12.7. The van der Waals surface area contributed by atoms with Gasteiger partial charge in [0.15, 0.2) is 0 Å². The molecule has 0 fully saturated rings.